The number of benzene rings is 1. The molecule has 96 valence electrons. The number of imide groups is 1. The van der Waals surface area contributed by atoms with Crippen LogP contribution in [-0.4, -0.2) is 23.5 Å². The molecule has 1 unspecified atom stereocenters. The van der Waals surface area contributed by atoms with Gasteiger partial charge in [-0.3, -0.25) is 14.9 Å². The SMILES string of the molecule is O=C1CCC(CNc2ccccc2CO)C(=O)N1. The molecule has 1 aliphatic heterocycles. The van der Waals surface area contributed by atoms with Gasteiger partial charge in [0.15, 0.2) is 0 Å². The number of hydrogen-bond donors (Lipinski definition) is 3. The average Bonchev–Trinajstić information content (AvgIpc) is 2.38. The van der Waals surface area contributed by atoms with Gasteiger partial charge in [-0.1, -0.05) is 18.2 Å². The van der Waals surface area contributed by atoms with Gasteiger partial charge in [0, 0.05) is 24.2 Å². The molecule has 1 aromatic carbocycles. The van der Waals surface area contributed by atoms with Crippen molar-refractivity contribution in [3.8, 4) is 0 Å². The number of carbonyl (C=O) groups excluding carboxylic acids is 2. The summed E-state index contributed by atoms with van der Waals surface area (Å²) in [7, 11) is 0. The van der Waals surface area contributed by atoms with Gasteiger partial charge in [0.25, 0.3) is 0 Å². The smallest absolute Gasteiger partial charge is 0.231 e. The maximum absolute atomic E-state index is 11.6. The van der Waals surface area contributed by atoms with Crippen LogP contribution in [0.5, 0.6) is 0 Å². The van der Waals surface area contributed by atoms with Gasteiger partial charge in [0.05, 0.1) is 12.5 Å². The Morgan fingerprint density at radius 1 is 1.33 bits per heavy atom. The first-order chi connectivity index (χ1) is 8.70. The van der Waals surface area contributed by atoms with Crippen LogP contribution in [0.1, 0.15) is 18.4 Å². The third-order valence-corrected chi connectivity index (χ3v) is 3.08. The lowest BCUT2D eigenvalue weighted by Gasteiger charge is -2.22. The Bertz CT molecular complexity index is 459. The van der Waals surface area contributed by atoms with Crippen molar-refractivity contribution in [1.29, 1.82) is 0 Å². The average molecular weight is 248 g/mol. The second-order valence-corrected chi connectivity index (χ2v) is 4.34. The second kappa shape index (κ2) is 5.64. The molecule has 0 bridgehead atoms. The summed E-state index contributed by atoms with van der Waals surface area (Å²) in [6, 6.07) is 7.40. The number of hydrogen-bond acceptors (Lipinski definition) is 4. The van der Waals surface area contributed by atoms with Crippen molar-refractivity contribution in [1.82, 2.24) is 5.32 Å². The van der Waals surface area contributed by atoms with E-state index in [1.54, 1.807) is 0 Å². The number of amides is 2. The van der Waals surface area contributed by atoms with Crippen molar-refractivity contribution in [3.05, 3.63) is 29.8 Å². The molecule has 2 amide bonds. The zero-order valence-electron chi connectivity index (χ0n) is 9.98. The van der Waals surface area contributed by atoms with Crippen molar-refractivity contribution >= 4 is 17.5 Å². The first-order valence-electron chi connectivity index (χ1n) is 5.97. The first kappa shape index (κ1) is 12.6. The molecule has 18 heavy (non-hydrogen) atoms. The fourth-order valence-electron chi connectivity index (χ4n) is 2.00. The maximum Gasteiger partial charge on any atom is 0.231 e. The topological polar surface area (TPSA) is 78.4 Å². The van der Waals surface area contributed by atoms with Gasteiger partial charge in [0.1, 0.15) is 0 Å². The van der Waals surface area contributed by atoms with E-state index < -0.39 is 0 Å². The van der Waals surface area contributed by atoms with Crippen LogP contribution in [-0.2, 0) is 16.2 Å². The monoisotopic (exact) mass is 248 g/mol. The molecule has 0 radical (unpaired) electrons. The molecule has 1 fully saturated rings. The van der Waals surface area contributed by atoms with Crippen molar-refractivity contribution < 1.29 is 14.7 Å². The van der Waals surface area contributed by atoms with E-state index >= 15 is 0 Å². The first-order valence-corrected chi connectivity index (χ1v) is 5.97. The van der Waals surface area contributed by atoms with Crippen molar-refractivity contribution in [3.63, 3.8) is 0 Å². The highest BCUT2D eigenvalue weighted by atomic mass is 16.3. The third-order valence-electron chi connectivity index (χ3n) is 3.08. The molecule has 1 saturated heterocycles. The summed E-state index contributed by atoms with van der Waals surface area (Å²) in [5.74, 6) is -0.623. The molecule has 1 aliphatic rings. The second-order valence-electron chi connectivity index (χ2n) is 4.34. The molecule has 5 heteroatoms. The van der Waals surface area contributed by atoms with Gasteiger partial charge in [-0.15, -0.1) is 0 Å². The fraction of sp³-hybridized carbons (Fsp3) is 0.385. The molecule has 0 aliphatic carbocycles. The van der Waals surface area contributed by atoms with Crippen LogP contribution in [0.2, 0.25) is 0 Å². The van der Waals surface area contributed by atoms with Crippen LogP contribution >= 0.6 is 0 Å². The van der Waals surface area contributed by atoms with Crippen LogP contribution in [0.25, 0.3) is 0 Å². The largest absolute Gasteiger partial charge is 0.392 e. The molecule has 5 nitrogen and oxygen atoms in total. The molecule has 1 heterocycles. The van der Waals surface area contributed by atoms with Gasteiger partial charge in [-0.05, 0) is 12.5 Å². The summed E-state index contributed by atoms with van der Waals surface area (Å²) in [5.41, 5.74) is 1.62. The van der Waals surface area contributed by atoms with Gasteiger partial charge < -0.3 is 10.4 Å². The normalized spacial score (nSPS) is 19.5. The molecule has 0 spiro atoms. The molecule has 1 atom stereocenters. The predicted molar refractivity (Wildman–Crippen MR) is 66.7 cm³/mol. The molecular formula is C13H16N2O3. The van der Waals surface area contributed by atoms with Crippen molar-refractivity contribution in [2.75, 3.05) is 11.9 Å². The Hall–Kier alpha value is -1.88. The maximum atomic E-state index is 11.6. The molecule has 0 saturated carbocycles. The minimum atomic E-state index is -0.222. The molecule has 2 rings (SSSR count). The highest BCUT2D eigenvalue weighted by Crippen LogP contribution is 2.17. The Morgan fingerprint density at radius 2 is 2.11 bits per heavy atom. The molecule has 1 aromatic rings. The van der Waals surface area contributed by atoms with Crippen LogP contribution in [0, 0.1) is 5.92 Å². The van der Waals surface area contributed by atoms with Crippen LogP contribution in [0.15, 0.2) is 24.3 Å². The standard InChI is InChI=1S/C13H16N2O3/c16-8-10-3-1-2-4-11(10)14-7-9-5-6-12(17)15-13(9)18/h1-4,9,14,16H,5-8H2,(H,15,17,18). The molecule has 0 aromatic heterocycles. The van der Waals surface area contributed by atoms with Crippen molar-refractivity contribution in [2.24, 2.45) is 5.92 Å². The lowest BCUT2D eigenvalue weighted by Crippen LogP contribution is -2.43. The summed E-state index contributed by atoms with van der Waals surface area (Å²) in [5, 5.41) is 14.7. The predicted octanol–water partition coefficient (Wildman–Crippen LogP) is 0.644. The summed E-state index contributed by atoms with van der Waals surface area (Å²) in [6.45, 7) is 0.425. The quantitative estimate of drug-likeness (QED) is 0.683. The number of carbonyl (C=O) groups is 2. The third kappa shape index (κ3) is 2.87. The van der Waals surface area contributed by atoms with Crippen LogP contribution < -0.4 is 10.6 Å². The number of rotatable bonds is 4. The van der Waals surface area contributed by atoms with E-state index in [1.165, 1.54) is 0 Å². The summed E-state index contributed by atoms with van der Waals surface area (Å²) >= 11 is 0. The summed E-state index contributed by atoms with van der Waals surface area (Å²) in [4.78, 5) is 22.6. The zero-order chi connectivity index (χ0) is 13.0. The van der Waals surface area contributed by atoms with E-state index in [0.29, 0.717) is 19.4 Å². The van der Waals surface area contributed by atoms with Crippen molar-refractivity contribution in [2.45, 2.75) is 19.4 Å². The number of aliphatic hydroxyl groups is 1. The minimum absolute atomic E-state index is 0.0431. The number of aliphatic hydroxyl groups excluding tert-OH is 1. The van der Waals surface area contributed by atoms with E-state index in [9.17, 15) is 14.7 Å². The Morgan fingerprint density at radius 3 is 2.83 bits per heavy atom. The van der Waals surface area contributed by atoms with E-state index in [2.05, 4.69) is 10.6 Å². The minimum Gasteiger partial charge on any atom is -0.392 e. The highest BCUT2D eigenvalue weighted by Gasteiger charge is 2.26. The Kier molecular flexibility index (Phi) is 3.94. The Balaban J connectivity index is 1.95. The van der Waals surface area contributed by atoms with E-state index in [-0.39, 0.29) is 24.3 Å². The molecular weight excluding hydrogens is 232 g/mol. The van der Waals surface area contributed by atoms with E-state index in [4.69, 9.17) is 0 Å². The van der Waals surface area contributed by atoms with Crippen LogP contribution in [0.4, 0.5) is 5.69 Å². The highest BCUT2D eigenvalue weighted by molar-refractivity contribution is 5.98. The number of piperidine rings is 1. The lowest BCUT2D eigenvalue weighted by molar-refractivity contribution is -0.135. The van der Waals surface area contributed by atoms with Gasteiger partial charge in [0.2, 0.25) is 11.8 Å². The molecule has 3 N–H and O–H groups in total. The number of para-hydroxylation sites is 1. The zero-order valence-corrected chi connectivity index (χ0v) is 9.98. The fourth-order valence-corrected chi connectivity index (χ4v) is 2.00. The number of anilines is 1. The summed E-state index contributed by atoms with van der Waals surface area (Å²) < 4.78 is 0. The van der Waals surface area contributed by atoms with Crippen LogP contribution in [0.3, 0.4) is 0 Å². The lowest BCUT2D eigenvalue weighted by atomic mass is 9.98. The van der Waals surface area contributed by atoms with Gasteiger partial charge in [-0.25, -0.2) is 0 Å². The Labute approximate surface area is 105 Å². The van der Waals surface area contributed by atoms with E-state index in [0.717, 1.165) is 11.3 Å². The van der Waals surface area contributed by atoms with Gasteiger partial charge in [-0.2, -0.15) is 0 Å². The number of nitrogens with one attached hydrogen (secondary N) is 2. The van der Waals surface area contributed by atoms with E-state index in [1.807, 2.05) is 24.3 Å². The summed E-state index contributed by atoms with van der Waals surface area (Å²) in [6.07, 6.45) is 0.957. The van der Waals surface area contributed by atoms with Gasteiger partial charge >= 0.3 is 0 Å².